The summed E-state index contributed by atoms with van der Waals surface area (Å²) < 4.78 is 6.78. The van der Waals surface area contributed by atoms with Gasteiger partial charge in [0.1, 0.15) is 41.9 Å². The average Bonchev–Trinajstić information content (AvgIpc) is 3.10. The van der Waals surface area contributed by atoms with Gasteiger partial charge in [-0.2, -0.15) is 0 Å². The van der Waals surface area contributed by atoms with Crippen LogP contribution in [0.5, 0.6) is 0 Å². The number of aromatic nitrogens is 3. The van der Waals surface area contributed by atoms with Gasteiger partial charge in [0, 0.05) is 0 Å². The van der Waals surface area contributed by atoms with Crippen molar-refractivity contribution in [3.63, 3.8) is 0 Å². The summed E-state index contributed by atoms with van der Waals surface area (Å²) in [5.74, 6) is 5.14. The van der Waals surface area contributed by atoms with E-state index in [9.17, 15) is 15.3 Å². The molecular formula is C12H18N8O5. The van der Waals surface area contributed by atoms with E-state index in [-0.39, 0.29) is 28.2 Å². The Kier molecular flexibility index (Phi) is 4.42. The number of rotatable bonds is 4. The summed E-state index contributed by atoms with van der Waals surface area (Å²) >= 11 is 0. The second kappa shape index (κ2) is 6.40. The Morgan fingerprint density at radius 3 is 2.64 bits per heavy atom. The van der Waals surface area contributed by atoms with Gasteiger partial charge in [0.25, 0.3) is 0 Å². The minimum Gasteiger partial charge on any atom is -0.394 e. The minimum atomic E-state index is -1.42. The van der Waals surface area contributed by atoms with Crippen molar-refractivity contribution in [2.75, 3.05) is 17.8 Å². The predicted molar refractivity (Wildman–Crippen MR) is 84.5 cm³/mol. The highest BCUT2D eigenvalue weighted by Crippen LogP contribution is 2.39. The predicted octanol–water partition coefficient (Wildman–Crippen LogP) is -2.79. The van der Waals surface area contributed by atoms with E-state index < -0.39 is 37.0 Å². The lowest BCUT2D eigenvalue weighted by Crippen LogP contribution is -2.33. The van der Waals surface area contributed by atoms with Crippen LogP contribution < -0.4 is 22.5 Å². The van der Waals surface area contributed by atoms with Crippen molar-refractivity contribution >= 4 is 28.5 Å². The minimum absolute atomic E-state index is 0.00185. The summed E-state index contributed by atoms with van der Waals surface area (Å²) in [6.07, 6.45) is -3.82. The smallest absolute Gasteiger partial charge is 0.166 e. The molecule has 1 saturated heterocycles. The first-order valence-corrected chi connectivity index (χ1v) is 7.18. The zero-order valence-corrected chi connectivity index (χ0v) is 12.8. The zero-order chi connectivity index (χ0) is 18.3. The number of anilines is 2. The standard InChI is InChI=1S/C12H18N8O5/c13-8-4-5(9(14)19-24)11(18-15)20(10(4)17-2-16-8)12-7(23)6(22)3(1-21)25-12/h2-3,6-7,12,18,21-24H,1,15H2,(H2,14,19)(H2,13,16,17)/t3-,6-,7-,12-/m1/s1. The molecule has 2 aromatic heterocycles. The van der Waals surface area contributed by atoms with Crippen molar-refractivity contribution in [3.8, 4) is 0 Å². The monoisotopic (exact) mass is 354 g/mol. The molecule has 0 spiro atoms. The quantitative estimate of drug-likeness (QED) is 0.118. The topological polar surface area (TPSA) is 221 Å². The normalized spacial score (nSPS) is 26.1. The van der Waals surface area contributed by atoms with Gasteiger partial charge in [-0.25, -0.2) is 15.8 Å². The molecule has 11 N–H and O–H groups in total. The maximum atomic E-state index is 10.3. The Morgan fingerprint density at radius 1 is 1.36 bits per heavy atom. The van der Waals surface area contributed by atoms with Crippen LogP contribution in [0.3, 0.4) is 0 Å². The molecule has 1 aliphatic heterocycles. The van der Waals surface area contributed by atoms with Gasteiger partial charge in [0.05, 0.1) is 17.6 Å². The lowest BCUT2D eigenvalue weighted by Gasteiger charge is -2.20. The lowest BCUT2D eigenvalue weighted by molar-refractivity contribution is -0.0499. The second-order valence-corrected chi connectivity index (χ2v) is 5.41. The number of nitrogen functional groups attached to an aromatic ring is 2. The summed E-state index contributed by atoms with van der Waals surface area (Å²) in [5, 5.41) is 46.7. The molecule has 0 bridgehead atoms. The van der Waals surface area contributed by atoms with Crippen molar-refractivity contribution in [1.82, 2.24) is 20.0 Å². The Balaban J connectivity index is 2.29. The first-order chi connectivity index (χ1) is 12.0. The van der Waals surface area contributed by atoms with Crippen LogP contribution in [-0.2, 0) is 4.74 Å². The SMILES string of the molecule is N=C(NO)c1c(NN)n([C@@H]2O[C@H](CO)[C@@H](O)[C@H]2O)c2ncnc(N)c12. The largest absolute Gasteiger partial charge is 0.394 e. The average molecular weight is 354 g/mol. The van der Waals surface area contributed by atoms with E-state index in [1.165, 1.54) is 4.57 Å². The van der Waals surface area contributed by atoms with Gasteiger partial charge in [0.2, 0.25) is 0 Å². The Hall–Kier alpha value is -2.55. The molecule has 1 aliphatic rings. The molecule has 3 heterocycles. The molecule has 0 amide bonds. The first kappa shape index (κ1) is 17.3. The number of aliphatic hydroxyl groups is 3. The van der Waals surface area contributed by atoms with Crippen molar-refractivity contribution in [2.45, 2.75) is 24.5 Å². The van der Waals surface area contributed by atoms with Crippen LogP contribution in [0.2, 0.25) is 0 Å². The molecule has 136 valence electrons. The summed E-state index contributed by atoms with van der Waals surface area (Å²) in [5.41, 5.74) is 10.1. The van der Waals surface area contributed by atoms with Crippen molar-refractivity contribution in [2.24, 2.45) is 5.84 Å². The maximum Gasteiger partial charge on any atom is 0.166 e. The van der Waals surface area contributed by atoms with Crippen molar-refractivity contribution < 1.29 is 25.3 Å². The van der Waals surface area contributed by atoms with Gasteiger partial charge in [-0.05, 0) is 0 Å². The van der Waals surface area contributed by atoms with E-state index >= 15 is 0 Å². The van der Waals surface area contributed by atoms with E-state index in [4.69, 9.17) is 26.9 Å². The fourth-order valence-electron chi connectivity index (χ4n) is 2.94. The molecule has 0 saturated carbocycles. The molecule has 13 heteroatoms. The van der Waals surface area contributed by atoms with Gasteiger partial charge in [-0.15, -0.1) is 0 Å². The highest BCUT2D eigenvalue weighted by molar-refractivity contribution is 6.14. The molecule has 0 unspecified atom stereocenters. The van der Waals surface area contributed by atoms with E-state index in [0.29, 0.717) is 0 Å². The molecule has 3 rings (SSSR count). The number of hydrogen-bond acceptors (Lipinski definition) is 11. The zero-order valence-electron chi connectivity index (χ0n) is 12.8. The molecule has 1 fully saturated rings. The number of amidine groups is 1. The number of nitrogens with zero attached hydrogens (tertiary/aromatic N) is 3. The summed E-state index contributed by atoms with van der Waals surface area (Å²) in [7, 11) is 0. The van der Waals surface area contributed by atoms with Crippen LogP contribution >= 0.6 is 0 Å². The highest BCUT2D eigenvalue weighted by Gasteiger charge is 2.45. The molecular weight excluding hydrogens is 336 g/mol. The third-order valence-corrected chi connectivity index (χ3v) is 4.08. The number of ether oxygens (including phenoxy) is 1. The van der Waals surface area contributed by atoms with Gasteiger partial charge < -0.3 is 31.2 Å². The number of fused-ring (bicyclic) bond motifs is 1. The second-order valence-electron chi connectivity index (χ2n) is 5.41. The van der Waals surface area contributed by atoms with Crippen LogP contribution in [0.1, 0.15) is 11.8 Å². The van der Waals surface area contributed by atoms with E-state index in [0.717, 1.165) is 6.33 Å². The highest BCUT2D eigenvalue weighted by atomic mass is 16.6. The van der Waals surface area contributed by atoms with Crippen LogP contribution in [0, 0.1) is 5.41 Å². The number of aliphatic hydroxyl groups excluding tert-OH is 3. The van der Waals surface area contributed by atoms with Gasteiger partial charge in [-0.1, -0.05) is 0 Å². The maximum absolute atomic E-state index is 10.3. The molecule has 0 aromatic carbocycles. The molecule has 25 heavy (non-hydrogen) atoms. The first-order valence-electron chi connectivity index (χ1n) is 7.18. The molecule has 13 nitrogen and oxygen atoms in total. The van der Waals surface area contributed by atoms with Crippen molar-refractivity contribution in [3.05, 3.63) is 11.9 Å². The van der Waals surface area contributed by atoms with Crippen LogP contribution in [0.4, 0.5) is 11.6 Å². The van der Waals surface area contributed by atoms with Crippen LogP contribution in [-0.4, -0.2) is 65.8 Å². The number of nitrogens with one attached hydrogen (secondary N) is 3. The van der Waals surface area contributed by atoms with Crippen LogP contribution in [0.15, 0.2) is 6.33 Å². The van der Waals surface area contributed by atoms with E-state index in [2.05, 4.69) is 15.4 Å². The molecule has 4 atom stereocenters. The Morgan fingerprint density at radius 2 is 2.08 bits per heavy atom. The summed E-state index contributed by atoms with van der Waals surface area (Å²) in [6, 6.07) is 0. The van der Waals surface area contributed by atoms with Gasteiger partial charge >= 0.3 is 0 Å². The third kappa shape index (κ3) is 2.46. The van der Waals surface area contributed by atoms with Crippen LogP contribution in [0.25, 0.3) is 11.0 Å². The molecule has 2 aromatic rings. The molecule has 0 radical (unpaired) electrons. The number of hydrogen-bond donors (Lipinski definition) is 9. The van der Waals surface area contributed by atoms with Crippen molar-refractivity contribution in [1.29, 1.82) is 5.41 Å². The third-order valence-electron chi connectivity index (χ3n) is 4.08. The Bertz CT molecular complexity index is 810. The number of hydrazine groups is 1. The number of nitrogens with two attached hydrogens (primary N) is 2. The fraction of sp³-hybridized carbons (Fsp3) is 0.417. The Labute approximate surface area is 140 Å². The summed E-state index contributed by atoms with van der Waals surface area (Å²) in [6.45, 7) is -0.517. The summed E-state index contributed by atoms with van der Waals surface area (Å²) in [4.78, 5) is 7.93. The van der Waals surface area contributed by atoms with Gasteiger partial charge in [0.15, 0.2) is 12.1 Å². The van der Waals surface area contributed by atoms with E-state index in [1.807, 2.05) is 0 Å². The van der Waals surface area contributed by atoms with Gasteiger partial charge in [-0.3, -0.25) is 20.7 Å². The van der Waals surface area contributed by atoms with E-state index in [1.54, 1.807) is 5.48 Å². The lowest BCUT2D eigenvalue weighted by atomic mass is 10.1. The number of hydroxylamine groups is 1. The molecule has 0 aliphatic carbocycles. The fourth-order valence-corrected chi connectivity index (χ4v) is 2.94.